The van der Waals surface area contributed by atoms with Crippen molar-refractivity contribution in [1.82, 2.24) is 0 Å². The van der Waals surface area contributed by atoms with E-state index in [0.29, 0.717) is 12.8 Å². The highest BCUT2D eigenvalue weighted by Gasteiger charge is 2.42. The fraction of sp³-hybridized carbons (Fsp3) is 0.875. The fourth-order valence-electron chi connectivity index (χ4n) is 1.26. The molecule has 0 aromatic heterocycles. The number of carbonyl (C=O) groups excluding carboxylic acids is 1. The van der Waals surface area contributed by atoms with Crippen LogP contribution in [-0.4, -0.2) is 32.3 Å². The molecule has 0 bridgehead atoms. The minimum absolute atomic E-state index is 0.0786. The Labute approximate surface area is 83.5 Å². The molecule has 0 saturated carbocycles. The summed E-state index contributed by atoms with van der Waals surface area (Å²) in [5.74, 6) is -0.633. The van der Waals surface area contributed by atoms with Crippen LogP contribution in [-0.2, 0) is 23.8 Å². The Morgan fingerprint density at radius 2 is 2.21 bits per heavy atom. The van der Waals surface area contributed by atoms with Crippen LogP contribution >= 0.6 is 0 Å². The van der Waals surface area contributed by atoms with Gasteiger partial charge >= 0.3 is 5.97 Å². The molecule has 5 nitrogen and oxygen atoms in total. The molecule has 0 aliphatic carbocycles. The minimum Gasteiger partial charge on any atom is -0.456 e. The normalized spacial score (nSPS) is 30.1. The molecule has 82 valence electrons. The monoisotopic (exact) mass is 222 g/mol. The zero-order chi connectivity index (χ0) is 10.8. The largest absolute Gasteiger partial charge is 0.456 e. The standard InChI is InChI=1S/C8H14O5S/c1-3-4-7(9)13-8(2)5-12-14(10,11)6-8/h3-6H2,1-2H3. The van der Waals surface area contributed by atoms with Crippen molar-refractivity contribution in [2.24, 2.45) is 0 Å². The van der Waals surface area contributed by atoms with E-state index in [0.717, 1.165) is 0 Å². The average Bonchev–Trinajstić information content (AvgIpc) is 2.25. The highest BCUT2D eigenvalue weighted by atomic mass is 32.2. The molecular weight excluding hydrogens is 208 g/mol. The Hall–Kier alpha value is -0.620. The summed E-state index contributed by atoms with van der Waals surface area (Å²) in [7, 11) is -3.49. The molecule has 1 fully saturated rings. The van der Waals surface area contributed by atoms with Gasteiger partial charge < -0.3 is 4.74 Å². The Bertz CT molecular complexity index is 321. The summed E-state index contributed by atoms with van der Waals surface area (Å²) in [6, 6.07) is 0. The number of esters is 1. The van der Waals surface area contributed by atoms with E-state index in [9.17, 15) is 13.2 Å². The molecule has 1 atom stereocenters. The lowest BCUT2D eigenvalue weighted by Gasteiger charge is -2.20. The van der Waals surface area contributed by atoms with Crippen LogP contribution in [0.2, 0.25) is 0 Å². The second kappa shape index (κ2) is 3.86. The zero-order valence-corrected chi connectivity index (χ0v) is 9.09. The van der Waals surface area contributed by atoms with Crippen LogP contribution in [0.25, 0.3) is 0 Å². The molecule has 0 amide bonds. The van der Waals surface area contributed by atoms with Gasteiger partial charge in [-0.1, -0.05) is 6.92 Å². The summed E-state index contributed by atoms with van der Waals surface area (Å²) < 4.78 is 31.5. The van der Waals surface area contributed by atoms with Crippen molar-refractivity contribution in [1.29, 1.82) is 0 Å². The van der Waals surface area contributed by atoms with Crippen LogP contribution < -0.4 is 0 Å². The van der Waals surface area contributed by atoms with Gasteiger partial charge in [0.15, 0.2) is 5.60 Å². The van der Waals surface area contributed by atoms with Crippen LogP contribution in [0, 0.1) is 0 Å². The summed E-state index contributed by atoms with van der Waals surface area (Å²) in [6.45, 7) is 3.33. The van der Waals surface area contributed by atoms with E-state index in [1.807, 2.05) is 6.92 Å². The fourth-order valence-corrected chi connectivity index (χ4v) is 2.66. The molecule has 0 N–H and O–H groups in total. The first-order chi connectivity index (χ1) is 6.37. The summed E-state index contributed by atoms with van der Waals surface area (Å²) in [5, 5.41) is 0. The van der Waals surface area contributed by atoms with Crippen LogP contribution in [0.4, 0.5) is 0 Å². The van der Waals surface area contributed by atoms with Crippen molar-refractivity contribution in [3.63, 3.8) is 0 Å². The van der Waals surface area contributed by atoms with Gasteiger partial charge in [0.1, 0.15) is 12.4 Å². The van der Waals surface area contributed by atoms with Gasteiger partial charge in [-0.3, -0.25) is 8.98 Å². The highest BCUT2D eigenvalue weighted by molar-refractivity contribution is 7.87. The van der Waals surface area contributed by atoms with Gasteiger partial charge in [0.2, 0.25) is 0 Å². The highest BCUT2D eigenvalue weighted by Crippen LogP contribution is 2.23. The van der Waals surface area contributed by atoms with Gasteiger partial charge in [-0.15, -0.1) is 0 Å². The second-order valence-electron chi connectivity index (χ2n) is 3.64. The van der Waals surface area contributed by atoms with Crippen molar-refractivity contribution >= 4 is 16.1 Å². The maximum Gasteiger partial charge on any atom is 0.306 e. The van der Waals surface area contributed by atoms with Crippen LogP contribution in [0.5, 0.6) is 0 Å². The first-order valence-corrected chi connectivity index (χ1v) is 6.03. The van der Waals surface area contributed by atoms with E-state index >= 15 is 0 Å². The van der Waals surface area contributed by atoms with E-state index in [1.54, 1.807) is 6.92 Å². The predicted molar refractivity (Wildman–Crippen MR) is 49.1 cm³/mol. The Morgan fingerprint density at radius 1 is 1.57 bits per heavy atom. The van der Waals surface area contributed by atoms with Gasteiger partial charge in [0.25, 0.3) is 10.1 Å². The van der Waals surface area contributed by atoms with E-state index in [4.69, 9.17) is 4.74 Å². The lowest BCUT2D eigenvalue weighted by molar-refractivity contribution is -0.156. The molecule has 1 unspecified atom stereocenters. The number of carbonyl (C=O) groups is 1. The Kier molecular flexibility index (Phi) is 3.16. The number of rotatable bonds is 3. The molecule has 1 aliphatic heterocycles. The first kappa shape index (κ1) is 11.5. The maximum absolute atomic E-state index is 11.1. The van der Waals surface area contributed by atoms with E-state index in [1.165, 1.54) is 0 Å². The Balaban J connectivity index is 2.57. The van der Waals surface area contributed by atoms with Gasteiger partial charge in [-0.25, -0.2) is 0 Å². The summed E-state index contributed by atoms with van der Waals surface area (Å²) in [5.41, 5.74) is -1.01. The van der Waals surface area contributed by atoms with Crippen LogP contribution in [0.3, 0.4) is 0 Å². The summed E-state index contributed by atoms with van der Waals surface area (Å²) in [4.78, 5) is 11.1. The maximum atomic E-state index is 11.1. The lowest BCUT2D eigenvalue weighted by Crippen LogP contribution is -2.35. The zero-order valence-electron chi connectivity index (χ0n) is 8.28. The molecule has 0 spiro atoms. The van der Waals surface area contributed by atoms with Crippen molar-refractivity contribution in [2.75, 3.05) is 12.4 Å². The topological polar surface area (TPSA) is 69.7 Å². The van der Waals surface area contributed by atoms with Crippen LogP contribution in [0.15, 0.2) is 0 Å². The quantitative estimate of drug-likeness (QED) is 0.512. The Morgan fingerprint density at radius 3 is 2.64 bits per heavy atom. The van der Waals surface area contributed by atoms with Gasteiger partial charge in [0.05, 0.1) is 0 Å². The lowest BCUT2D eigenvalue weighted by atomic mass is 10.1. The molecule has 0 aromatic rings. The smallest absolute Gasteiger partial charge is 0.306 e. The molecule has 14 heavy (non-hydrogen) atoms. The van der Waals surface area contributed by atoms with Gasteiger partial charge in [-0.05, 0) is 13.3 Å². The van der Waals surface area contributed by atoms with Crippen LogP contribution in [0.1, 0.15) is 26.7 Å². The van der Waals surface area contributed by atoms with E-state index in [2.05, 4.69) is 4.18 Å². The van der Waals surface area contributed by atoms with E-state index < -0.39 is 15.7 Å². The third-order valence-electron chi connectivity index (χ3n) is 1.84. The molecule has 6 heteroatoms. The van der Waals surface area contributed by atoms with E-state index in [-0.39, 0.29) is 18.3 Å². The number of ether oxygens (including phenoxy) is 1. The SMILES string of the molecule is CCCC(=O)OC1(C)COS(=O)(=O)C1. The predicted octanol–water partition coefficient (Wildman–Crippen LogP) is 0.448. The summed E-state index contributed by atoms with van der Waals surface area (Å²) >= 11 is 0. The number of hydrogen-bond donors (Lipinski definition) is 0. The molecule has 1 heterocycles. The molecule has 0 radical (unpaired) electrons. The molecule has 1 saturated heterocycles. The van der Waals surface area contributed by atoms with Gasteiger partial charge in [-0.2, -0.15) is 8.42 Å². The second-order valence-corrected chi connectivity index (χ2v) is 5.28. The van der Waals surface area contributed by atoms with Crippen molar-refractivity contribution in [2.45, 2.75) is 32.3 Å². The number of hydrogen-bond acceptors (Lipinski definition) is 5. The average molecular weight is 222 g/mol. The third-order valence-corrected chi connectivity index (χ3v) is 3.28. The van der Waals surface area contributed by atoms with Gasteiger partial charge in [0, 0.05) is 6.42 Å². The van der Waals surface area contributed by atoms with Crippen molar-refractivity contribution < 1.29 is 22.1 Å². The molecule has 1 aliphatic rings. The third kappa shape index (κ3) is 2.95. The minimum atomic E-state index is -3.49. The molecular formula is C8H14O5S. The van der Waals surface area contributed by atoms with Crippen molar-refractivity contribution in [3.8, 4) is 0 Å². The molecule has 1 rings (SSSR count). The molecule has 0 aromatic carbocycles. The first-order valence-electron chi connectivity index (χ1n) is 4.46. The van der Waals surface area contributed by atoms with Crippen molar-refractivity contribution in [3.05, 3.63) is 0 Å². The summed E-state index contributed by atoms with van der Waals surface area (Å²) in [6.07, 6.45) is 0.984.